The van der Waals surface area contributed by atoms with E-state index in [2.05, 4.69) is 5.32 Å². The van der Waals surface area contributed by atoms with Crippen molar-refractivity contribution in [3.63, 3.8) is 0 Å². The van der Waals surface area contributed by atoms with Gasteiger partial charge < -0.3 is 19.4 Å². The van der Waals surface area contributed by atoms with E-state index in [0.29, 0.717) is 37.3 Å². The summed E-state index contributed by atoms with van der Waals surface area (Å²) < 4.78 is 13.9. The molecule has 5 rings (SSSR count). The van der Waals surface area contributed by atoms with Gasteiger partial charge in [0.1, 0.15) is 12.1 Å². The van der Waals surface area contributed by atoms with Crippen LogP contribution in [0, 0.1) is 13.8 Å². The molecule has 0 radical (unpaired) electrons. The van der Waals surface area contributed by atoms with Crippen LogP contribution in [-0.4, -0.2) is 52.0 Å². The van der Waals surface area contributed by atoms with E-state index in [1.54, 1.807) is 0 Å². The fourth-order valence-electron chi connectivity index (χ4n) is 5.44. The Hall–Kier alpha value is -3.29. The Kier molecular flexibility index (Phi) is 5.83. The van der Waals surface area contributed by atoms with E-state index in [1.165, 1.54) is 0 Å². The van der Waals surface area contributed by atoms with E-state index in [1.807, 2.05) is 48.7 Å². The summed E-state index contributed by atoms with van der Waals surface area (Å²) in [7, 11) is 0. The van der Waals surface area contributed by atoms with Crippen LogP contribution in [0.1, 0.15) is 60.3 Å². The number of fused-ring (bicyclic) bond motifs is 1. The van der Waals surface area contributed by atoms with Crippen molar-refractivity contribution in [1.29, 1.82) is 0 Å². The SMILES string of the molecule is Cc1cc(C(=O)CN2C(=O)NC3(CCCCCC3)C2=O)c(C)n1CC1COc2ccccc2O1. The summed E-state index contributed by atoms with van der Waals surface area (Å²) in [5.41, 5.74) is 1.40. The fraction of sp³-hybridized carbons (Fsp3) is 0.500. The quantitative estimate of drug-likeness (QED) is 0.536. The smallest absolute Gasteiger partial charge is 0.325 e. The normalized spacial score (nSPS) is 21.5. The van der Waals surface area contributed by atoms with Gasteiger partial charge in [-0.2, -0.15) is 0 Å². The monoisotopic (exact) mass is 465 g/mol. The van der Waals surface area contributed by atoms with Crippen LogP contribution >= 0.6 is 0 Å². The number of hydrogen-bond donors (Lipinski definition) is 1. The lowest BCUT2D eigenvalue weighted by atomic mass is 9.90. The van der Waals surface area contributed by atoms with E-state index < -0.39 is 11.6 Å². The summed E-state index contributed by atoms with van der Waals surface area (Å²) in [5.74, 6) is 0.951. The first kappa shape index (κ1) is 22.5. The standard InChI is InChI=1S/C26H31N3O5/c1-17-13-20(18(2)28(17)14-19-16-33-22-9-5-6-10-23(22)34-19)21(30)15-29-24(31)26(27-25(29)32)11-7-3-4-8-12-26/h5-6,9-10,13,19H,3-4,7-8,11-12,14-16H2,1-2H3,(H,27,32). The van der Waals surface area contributed by atoms with Crippen LogP contribution in [0.5, 0.6) is 11.5 Å². The summed E-state index contributed by atoms with van der Waals surface area (Å²) in [4.78, 5) is 40.2. The molecule has 8 nitrogen and oxygen atoms in total. The molecule has 1 saturated carbocycles. The number of para-hydroxylation sites is 2. The zero-order valence-electron chi connectivity index (χ0n) is 19.8. The second-order valence-corrected chi connectivity index (χ2v) is 9.63. The topological polar surface area (TPSA) is 89.9 Å². The molecule has 1 saturated heterocycles. The number of carbonyl (C=O) groups is 3. The number of amides is 3. The zero-order valence-corrected chi connectivity index (χ0v) is 19.8. The van der Waals surface area contributed by atoms with Crippen LogP contribution in [0.2, 0.25) is 0 Å². The minimum Gasteiger partial charge on any atom is -0.486 e. The molecule has 8 heteroatoms. The van der Waals surface area contributed by atoms with E-state index in [0.717, 1.165) is 47.7 Å². The maximum atomic E-state index is 13.2. The Bertz CT molecular complexity index is 1130. The number of rotatable bonds is 5. The number of ketones is 1. The van der Waals surface area contributed by atoms with Crippen molar-refractivity contribution in [3.8, 4) is 11.5 Å². The van der Waals surface area contributed by atoms with Gasteiger partial charge in [-0.1, -0.05) is 37.8 Å². The van der Waals surface area contributed by atoms with E-state index in [-0.39, 0.29) is 24.3 Å². The molecule has 1 spiro atoms. The molecule has 2 aromatic rings. The lowest BCUT2D eigenvalue weighted by Crippen LogP contribution is -2.46. The van der Waals surface area contributed by atoms with Crippen LogP contribution < -0.4 is 14.8 Å². The Morgan fingerprint density at radius 1 is 1.09 bits per heavy atom. The predicted molar refractivity (Wildman–Crippen MR) is 125 cm³/mol. The van der Waals surface area contributed by atoms with Crippen molar-refractivity contribution in [2.45, 2.75) is 70.6 Å². The highest BCUT2D eigenvalue weighted by Gasteiger charge is 2.51. The molecule has 2 fully saturated rings. The highest BCUT2D eigenvalue weighted by atomic mass is 16.6. The average molecular weight is 466 g/mol. The highest BCUT2D eigenvalue weighted by Crippen LogP contribution is 2.34. The number of nitrogens with zero attached hydrogens (tertiary/aromatic N) is 2. The molecule has 180 valence electrons. The van der Waals surface area contributed by atoms with Crippen LogP contribution in [0.4, 0.5) is 4.79 Å². The van der Waals surface area contributed by atoms with Crippen LogP contribution in [0.25, 0.3) is 0 Å². The van der Waals surface area contributed by atoms with Gasteiger partial charge in [-0.25, -0.2) is 4.79 Å². The van der Waals surface area contributed by atoms with Crippen LogP contribution in [0.15, 0.2) is 30.3 Å². The van der Waals surface area contributed by atoms with E-state index >= 15 is 0 Å². The maximum absolute atomic E-state index is 13.2. The van der Waals surface area contributed by atoms with Crippen molar-refractivity contribution in [1.82, 2.24) is 14.8 Å². The number of carbonyl (C=O) groups excluding carboxylic acids is 3. The van der Waals surface area contributed by atoms with Gasteiger partial charge in [-0.05, 0) is 44.9 Å². The molecule has 1 unspecified atom stereocenters. The molecule has 0 bridgehead atoms. The summed E-state index contributed by atoms with van der Waals surface area (Å²) in [6, 6.07) is 8.94. The number of imide groups is 1. The van der Waals surface area contributed by atoms with Gasteiger partial charge in [0, 0.05) is 17.0 Å². The first-order valence-corrected chi connectivity index (χ1v) is 12.1. The zero-order chi connectivity index (χ0) is 23.9. The number of benzene rings is 1. The lowest BCUT2D eigenvalue weighted by Gasteiger charge is -2.27. The van der Waals surface area contributed by atoms with Gasteiger partial charge in [0.15, 0.2) is 23.4 Å². The molecular weight excluding hydrogens is 434 g/mol. The van der Waals surface area contributed by atoms with Gasteiger partial charge >= 0.3 is 6.03 Å². The molecule has 34 heavy (non-hydrogen) atoms. The molecule has 1 aliphatic carbocycles. The summed E-state index contributed by atoms with van der Waals surface area (Å²) in [5, 5.41) is 2.91. The van der Waals surface area contributed by atoms with Crippen LogP contribution in [0.3, 0.4) is 0 Å². The number of Topliss-reactive ketones (excluding diaryl/α,β-unsaturated/α-hetero) is 1. The first-order valence-electron chi connectivity index (χ1n) is 12.1. The van der Waals surface area contributed by atoms with Gasteiger partial charge in [0.05, 0.1) is 13.1 Å². The molecule has 1 aromatic carbocycles. The predicted octanol–water partition coefficient (Wildman–Crippen LogP) is 3.77. The Balaban J connectivity index is 1.29. The Morgan fingerprint density at radius 2 is 1.79 bits per heavy atom. The number of urea groups is 1. The molecule has 2 aliphatic heterocycles. The number of hydrogen-bond acceptors (Lipinski definition) is 5. The van der Waals surface area contributed by atoms with Gasteiger partial charge in [0.2, 0.25) is 0 Å². The fourth-order valence-corrected chi connectivity index (χ4v) is 5.44. The van der Waals surface area contributed by atoms with Crippen molar-refractivity contribution in [3.05, 3.63) is 47.3 Å². The van der Waals surface area contributed by atoms with Crippen molar-refractivity contribution < 1.29 is 23.9 Å². The van der Waals surface area contributed by atoms with E-state index in [9.17, 15) is 14.4 Å². The molecule has 1 atom stereocenters. The molecular formula is C26H31N3O5. The summed E-state index contributed by atoms with van der Waals surface area (Å²) in [6.45, 7) is 4.53. The van der Waals surface area contributed by atoms with Gasteiger partial charge in [0.25, 0.3) is 5.91 Å². The summed E-state index contributed by atoms with van der Waals surface area (Å²) in [6.07, 6.45) is 5.04. The molecule has 1 N–H and O–H groups in total. The largest absolute Gasteiger partial charge is 0.486 e. The maximum Gasteiger partial charge on any atom is 0.325 e. The number of aromatic nitrogens is 1. The number of nitrogens with one attached hydrogen (secondary N) is 1. The van der Waals surface area contributed by atoms with Gasteiger partial charge in [-0.3, -0.25) is 14.5 Å². The average Bonchev–Trinajstić information content (AvgIpc) is 3.10. The number of ether oxygens (including phenoxy) is 2. The molecule has 3 aliphatic rings. The molecule has 1 aromatic heterocycles. The minimum atomic E-state index is -0.834. The third-order valence-corrected chi connectivity index (χ3v) is 7.33. The Morgan fingerprint density at radius 3 is 2.53 bits per heavy atom. The minimum absolute atomic E-state index is 0.191. The van der Waals surface area contributed by atoms with Crippen LogP contribution in [-0.2, 0) is 11.3 Å². The first-order chi connectivity index (χ1) is 16.4. The highest BCUT2D eigenvalue weighted by molar-refractivity contribution is 6.11. The molecule has 3 heterocycles. The molecule has 3 amide bonds. The second-order valence-electron chi connectivity index (χ2n) is 9.63. The van der Waals surface area contributed by atoms with E-state index in [4.69, 9.17) is 9.47 Å². The van der Waals surface area contributed by atoms with Crippen molar-refractivity contribution in [2.75, 3.05) is 13.2 Å². The van der Waals surface area contributed by atoms with Crippen molar-refractivity contribution >= 4 is 17.7 Å². The van der Waals surface area contributed by atoms with Crippen molar-refractivity contribution in [2.24, 2.45) is 0 Å². The third-order valence-electron chi connectivity index (χ3n) is 7.33. The van der Waals surface area contributed by atoms with Gasteiger partial charge in [-0.15, -0.1) is 0 Å². The summed E-state index contributed by atoms with van der Waals surface area (Å²) >= 11 is 0. The Labute approximate surface area is 199 Å². The number of aryl methyl sites for hydroxylation is 1. The lowest BCUT2D eigenvalue weighted by molar-refractivity contribution is -0.131. The second kappa shape index (κ2) is 8.81. The third kappa shape index (κ3) is 3.95.